The Bertz CT molecular complexity index is 997. The lowest BCUT2D eigenvalue weighted by Crippen LogP contribution is -2.61. The first-order valence-electron chi connectivity index (χ1n) is 12.7. The van der Waals surface area contributed by atoms with Crippen LogP contribution >= 0.6 is 0 Å². The molecule has 39 heavy (non-hydrogen) atoms. The van der Waals surface area contributed by atoms with Gasteiger partial charge in [0.25, 0.3) is 0 Å². The van der Waals surface area contributed by atoms with Crippen molar-refractivity contribution < 1.29 is 34.5 Å². The van der Waals surface area contributed by atoms with Crippen LogP contribution in [0.1, 0.15) is 45.6 Å². The summed E-state index contributed by atoms with van der Waals surface area (Å²) in [6, 6.07) is 0.894. The summed E-state index contributed by atoms with van der Waals surface area (Å²) < 4.78 is 0. The van der Waals surface area contributed by atoms with E-state index < -0.39 is 54.0 Å². The highest BCUT2D eigenvalue weighted by Crippen LogP contribution is 2.13. The van der Waals surface area contributed by atoms with Crippen LogP contribution in [0.25, 0.3) is 0 Å². The Morgan fingerprint density at radius 3 is 2.03 bits per heavy atom. The average Bonchev–Trinajstić information content (AvgIpc) is 2.87. The Morgan fingerprint density at radius 2 is 1.51 bits per heavy atom. The molecule has 0 saturated heterocycles. The monoisotopic (exact) mass is 551 g/mol. The number of phenols is 1. The van der Waals surface area contributed by atoms with Crippen LogP contribution < -0.4 is 33.2 Å². The van der Waals surface area contributed by atoms with Crippen molar-refractivity contribution in [2.75, 3.05) is 6.54 Å². The van der Waals surface area contributed by atoms with Crippen molar-refractivity contribution in [1.82, 2.24) is 16.0 Å². The molecule has 218 valence electrons. The molecule has 12 N–H and O–H groups in total. The quantitative estimate of drug-likeness (QED) is 0.0638. The number of benzene rings is 1. The number of aliphatic imine (C=N–C) groups is 1. The van der Waals surface area contributed by atoms with Gasteiger partial charge >= 0.3 is 5.97 Å². The van der Waals surface area contributed by atoms with Crippen LogP contribution in [-0.4, -0.2) is 81.8 Å². The van der Waals surface area contributed by atoms with E-state index in [4.69, 9.17) is 17.2 Å². The number of nitrogens with zero attached hydrogens (tertiary/aromatic N) is 1. The number of carbonyl (C=O) groups is 4. The summed E-state index contributed by atoms with van der Waals surface area (Å²) >= 11 is 0. The Hall–Kier alpha value is -3.91. The number of hydrogen-bond acceptors (Lipinski definition) is 8. The third kappa shape index (κ3) is 11.6. The van der Waals surface area contributed by atoms with Crippen LogP contribution in [0.5, 0.6) is 5.75 Å². The molecule has 0 aliphatic carbocycles. The number of amides is 3. The molecule has 0 saturated carbocycles. The van der Waals surface area contributed by atoms with Crippen LogP contribution in [0.15, 0.2) is 29.3 Å². The topological polar surface area (TPSA) is 255 Å². The summed E-state index contributed by atoms with van der Waals surface area (Å²) in [5.41, 5.74) is 17.0. The molecule has 14 nitrogen and oxygen atoms in total. The maximum Gasteiger partial charge on any atom is 0.326 e. The molecule has 0 spiro atoms. The number of nitrogens with one attached hydrogen (secondary N) is 3. The highest BCUT2D eigenvalue weighted by Gasteiger charge is 2.34. The molecular weight excluding hydrogens is 510 g/mol. The second-order valence-electron chi connectivity index (χ2n) is 9.42. The van der Waals surface area contributed by atoms with Crippen molar-refractivity contribution >= 4 is 29.7 Å². The molecular formula is C25H41N7O7. The molecule has 1 aromatic carbocycles. The van der Waals surface area contributed by atoms with Gasteiger partial charge in [-0.2, -0.15) is 0 Å². The number of aliphatic hydroxyl groups excluding tert-OH is 1. The van der Waals surface area contributed by atoms with Crippen LogP contribution in [0.2, 0.25) is 0 Å². The second-order valence-corrected chi connectivity index (χ2v) is 9.42. The molecule has 1 rings (SSSR count). The van der Waals surface area contributed by atoms with Crippen LogP contribution in [0, 0.1) is 5.92 Å². The fourth-order valence-corrected chi connectivity index (χ4v) is 3.59. The van der Waals surface area contributed by atoms with Crippen molar-refractivity contribution in [2.24, 2.45) is 28.1 Å². The van der Waals surface area contributed by atoms with E-state index >= 15 is 0 Å². The lowest BCUT2D eigenvalue weighted by molar-refractivity contribution is -0.143. The average molecular weight is 552 g/mol. The standard InChI is InChI=1S/C25H41N7O7/c1-4-13(2)19(31-21(35)17(26)6-5-11-29-25(27)28)22(36)32-20(14(3)33)23(37)30-18(24(38)39)12-15-7-9-16(34)10-8-15/h7-10,13-14,17-20,33-34H,4-6,11-12,26H2,1-3H3,(H,30,37)(H,31,35)(H,32,36)(H,38,39)(H4,27,28,29). The number of carboxylic acid groups (broad SMARTS) is 1. The van der Waals surface area contributed by atoms with Gasteiger partial charge in [-0.1, -0.05) is 32.4 Å². The fraction of sp³-hybridized carbons (Fsp3) is 0.560. The fourth-order valence-electron chi connectivity index (χ4n) is 3.59. The Morgan fingerprint density at radius 1 is 0.949 bits per heavy atom. The number of carbonyl (C=O) groups excluding carboxylic acids is 3. The maximum atomic E-state index is 13.2. The summed E-state index contributed by atoms with van der Waals surface area (Å²) in [6.07, 6.45) is -0.297. The molecule has 3 amide bonds. The van der Waals surface area contributed by atoms with Crippen LogP contribution in [0.4, 0.5) is 0 Å². The van der Waals surface area contributed by atoms with Gasteiger partial charge in [0.05, 0.1) is 12.1 Å². The number of rotatable bonds is 16. The van der Waals surface area contributed by atoms with E-state index in [0.717, 1.165) is 0 Å². The molecule has 0 bridgehead atoms. The lowest BCUT2D eigenvalue weighted by atomic mass is 9.96. The highest BCUT2D eigenvalue weighted by atomic mass is 16.4. The Balaban J connectivity index is 2.93. The number of aromatic hydroxyl groups is 1. The van der Waals surface area contributed by atoms with E-state index in [2.05, 4.69) is 20.9 Å². The van der Waals surface area contributed by atoms with Gasteiger partial charge in [-0.3, -0.25) is 19.4 Å². The molecule has 0 heterocycles. The number of nitrogens with two attached hydrogens (primary N) is 3. The summed E-state index contributed by atoms with van der Waals surface area (Å²) in [4.78, 5) is 54.4. The molecule has 0 aliphatic rings. The number of aliphatic carboxylic acids is 1. The molecule has 6 unspecified atom stereocenters. The molecule has 14 heteroatoms. The first kappa shape index (κ1) is 33.1. The minimum absolute atomic E-state index is 0.00129. The SMILES string of the molecule is CCC(C)C(NC(=O)C(N)CCCN=C(N)N)C(=O)NC(C(=O)NC(Cc1ccc(O)cc1)C(=O)O)C(C)O. The Labute approximate surface area is 227 Å². The number of aliphatic hydroxyl groups is 1. The van der Waals surface area contributed by atoms with Gasteiger partial charge in [-0.25, -0.2) is 4.79 Å². The largest absolute Gasteiger partial charge is 0.508 e. The van der Waals surface area contributed by atoms with E-state index in [0.29, 0.717) is 18.4 Å². The van der Waals surface area contributed by atoms with Crippen LogP contribution in [0.3, 0.4) is 0 Å². The molecule has 1 aromatic rings. The van der Waals surface area contributed by atoms with E-state index in [1.165, 1.54) is 31.2 Å². The second kappa shape index (κ2) is 16.1. The third-order valence-electron chi connectivity index (χ3n) is 6.15. The molecule has 0 radical (unpaired) electrons. The zero-order valence-corrected chi connectivity index (χ0v) is 22.5. The van der Waals surface area contributed by atoms with E-state index in [1.807, 2.05) is 6.92 Å². The van der Waals surface area contributed by atoms with Crippen molar-refractivity contribution in [3.8, 4) is 5.75 Å². The number of carboxylic acids is 1. The minimum atomic E-state index is -1.50. The predicted molar refractivity (Wildman–Crippen MR) is 144 cm³/mol. The third-order valence-corrected chi connectivity index (χ3v) is 6.15. The molecule has 0 fully saturated rings. The van der Waals surface area contributed by atoms with Gasteiger partial charge < -0.3 is 48.5 Å². The van der Waals surface area contributed by atoms with Gasteiger partial charge in [0, 0.05) is 13.0 Å². The summed E-state index contributed by atoms with van der Waals surface area (Å²) in [5, 5.41) is 36.6. The number of guanidine groups is 1. The summed E-state index contributed by atoms with van der Waals surface area (Å²) in [7, 11) is 0. The van der Waals surface area contributed by atoms with Gasteiger partial charge in [0.2, 0.25) is 17.7 Å². The minimum Gasteiger partial charge on any atom is -0.508 e. The van der Waals surface area contributed by atoms with Gasteiger partial charge in [0.15, 0.2) is 5.96 Å². The van der Waals surface area contributed by atoms with E-state index in [-0.39, 0.29) is 37.0 Å². The van der Waals surface area contributed by atoms with E-state index in [1.54, 1.807) is 6.92 Å². The van der Waals surface area contributed by atoms with Crippen molar-refractivity contribution in [2.45, 2.75) is 76.7 Å². The lowest BCUT2D eigenvalue weighted by Gasteiger charge is -2.29. The summed E-state index contributed by atoms with van der Waals surface area (Å²) in [6.45, 7) is 5.09. The molecule has 6 atom stereocenters. The highest BCUT2D eigenvalue weighted by molar-refractivity contribution is 5.94. The normalized spacial score (nSPS) is 15.5. The van der Waals surface area contributed by atoms with Crippen molar-refractivity contribution in [1.29, 1.82) is 0 Å². The summed E-state index contributed by atoms with van der Waals surface area (Å²) in [5.74, 6) is -4.01. The van der Waals surface area contributed by atoms with Crippen molar-refractivity contribution in [3.05, 3.63) is 29.8 Å². The van der Waals surface area contributed by atoms with Crippen molar-refractivity contribution in [3.63, 3.8) is 0 Å². The zero-order valence-electron chi connectivity index (χ0n) is 22.5. The first-order valence-corrected chi connectivity index (χ1v) is 12.7. The predicted octanol–water partition coefficient (Wildman–Crippen LogP) is -1.72. The molecule has 0 aromatic heterocycles. The zero-order chi connectivity index (χ0) is 29.7. The van der Waals surface area contributed by atoms with Crippen LogP contribution in [-0.2, 0) is 25.6 Å². The molecule has 0 aliphatic heterocycles. The maximum absolute atomic E-state index is 13.2. The Kier molecular flexibility index (Phi) is 13.7. The van der Waals surface area contributed by atoms with Gasteiger partial charge in [0.1, 0.15) is 23.9 Å². The first-order chi connectivity index (χ1) is 18.3. The van der Waals surface area contributed by atoms with Gasteiger partial charge in [-0.15, -0.1) is 0 Å². The number of hydrogen-bond donors (Lipinski definition) is 9. The number of phenolic OH excluding ortho intramolecular Hbond substituents is 1. The van der Waals surface area contributed by atoms with E-state index in [9.17, 15) is 34.5 Å². The smallest absolute Gasteiger partial charge is 0.326 e. The van der Waals surface area contributed by atoms with Gasteiger partial charge in [-0.05, 0) is 43.4 Å².